The number of carbonyl (C=O) groups excluding carboxylic acids is 2. The summed E-state index contributed by atoms with van der Waals surface area (Å²) in [6.45, 7) is 2.60. The maximum Gasteiger partial charge on any atom is 0.335 e. The molecule has 0 saturated carbocycles. The summed E-state index contributed by atoms with van der Waals surface area (Å²) in [5, 5.41) is 2.88. The Labute approximate surface area is 94.1 Å². The van der Waals surface area contributed by atoms with Gasteiger partial charge in [0.15, 0.2) is 0 Å². The fourth-order valence-electron chi connectivity index (χ4n) is 1.65. The molecule has 1 aliphatic heterocycles. The van der Waals surface area contributed by atoms with Crippen LogP contribution in [0, 0.1) is 5.92 Å². The number of rotatable bonds is 5. The minimum absolute atomic E-state index is 0.0614. The van der Waals surface area contributed by atoms with Gasteiger partial charge in [-0.25, -0.2) is 4.79 Å². The molecule has 0 aromatic carbocycles. The minimum Gasteiger partial charge on any atom is -0.468 e. The van der Waals surface area contributed by atoms with Crippen molar-refractivity contribution in [3.05, 3.63) is 23.5 Å². The van der Waals surface area contributed by atoms with E-state index in [0.717, 1.165) is 5.57 Å². The molecule has 1 N–H and O–H groups in total. The Hall–Kier alpha value is -1.78. The number of methoxy groups -OCH3 is 1. The van der Waals surface area contributed by atoms with Crippen LogP contribution in [-0.2, 0) is 19.1 Å². The van der Waals surface area contributed by atoms with Crippen molar-refractivity contribution in [3.63, 3.8) is 0 Å². The maximum absolute atomic E-state index is 11.5. The lowest BCUT2D eigenvalue weighted by atomic mass is 9.88. The summed E-state index contributed by atoms with van der Waals surface area (Å²) in [5.41, 5.74) is 1.56. The van der Waals surface area contributed by atoms with Crippen LogP contribution in [0.2, 0.25) is 0 Å². The zero-order chi connectivity index (χ0) is 12.0. The number of hydrogen-bond acceptors (Lipinski definition) is 5. The number of carbonyl (C=O) groups is 2. The van der Waals surface area contributed by atoms with E-state index < -0.39 is 0 Å². The van der Waals surface area contributed by atoms with Gasteiger partial charge in [0.1, 0.15) is 0 Å². The predicted octanol–water partition coefficient (Wildman–Crippen LogP) is 0.730. The lowest BCUT2D eigenvalue weighted by molar-refractivity contribution is -0.136. The van der Waals surface area contributed by atoms with Crippen molar-refractivity contribution >= 4 is 12.4 Å². The van der Waals surface area contributed by atoms with Crippen LogP contribution in [0.3, 0.4) is 0 Å². The van der Waals surface area contributed by atoms with Gasteiger partial charge in [0, 0.05) is 18.3 Å². The molecule has 1 heterocycles. The lowest BCUT2D eigenvalue weighted by Crippen LogP contribution is -2.23. The molecule has 5 heteroatoms. The van der Waals surface area contributed by atoms with Gasteiger partial charge in [0.25, 0.3) is 6.47 Å². The number of esters is 1. The van der Waals surface area contributed by atoms with E-state index in [-0.39, 0.29) is 18.5 Å². The van der Waals surface area contributed by atoms with E-state index in [1.165, 1.54) is 7.11 Å². The van der Waals surface area contributed by atoms with Crippen molar-refractivity contribution in [1.82, 2.24) is 5.32 Å². The smallest absolute Gasteiger partial charge is 0.335 e. The van der Waals surface area contributed by atoms with Gasteiger partial charge in [-0.2, -0.15) is 0 Å². The third-order valence-corrected chi connectivity index (χ3v) is 2.49. The van der Waals surface area contributed by atoms with Crippen LogP contribution in [0.5, 0.6) is 0 Å². The van der Waals surface area contributed by atoms with Crippen molar-refractivity contribution < 1.29 is 19.1 Å². The summed E-state index contributed by atoms with van der Waals surface area (Å²) in [6.07, 6.45) is 4.01. The third kappa shape index (κ3) is 2.85. The zero-order valence-corrected chi connectivity index (χ0v) is 9.36. The second kappa shape index (κ2) is 5.95. The van der Waals surface area contributed by atoms with Gasteiger partial charge in [-0.1, -0.05) is 0 Å². The number of allylic oxidation sites excluding steroid dienone is 1. The van der Waals surface area contributed by atoms with Gasteiger partial charge >= 0.3 is 5.97 Å². The van der Waals surface area contributed by atoms with Crippen LogP contribution >= 0.6 is 0 Å². The van der Waals surface area contributed by atoms with E-state index in [0.29, 0.717) is 18.5 Å². The molecule has 0 aliphatic carbocycles. The molecule has 0 spiro atoms. The van der Waals surface area contributed by atoms with Gasteiger partial charge in [-0.15, -0.1) is 0 Å². The van der Waals surface area contributed by atoms with Crippen LogP contribution < -0.4 is 5.32 Å². The third-order valence-electron chi connectivity index (χ3n) is 2.49. The average Bonchev–Trinajstić information content (AvgIpc) is 2.30. The molecule has 0 aromatic heterocycles. The zero-order valence-electron chi connectivity index (χ0n) is 9.36. The first kappa shape index (κ1) is 12.3. The molecule has 0 radical (unpaired) electrons. The van der Waals surface area contributed by atoms with Crippen LogP contribution in [0.4, 0.5) is 0 Å². The van der Waals surface area contributed by atoms with Gasteiger partial charge in [-0.3, -0.25) is 4.79 Å². The first-order valence-electron chi connectivity index (χ1n) is 4.97. The van der Waals surface area contributed by atoms with E-state index in [2.05, 4.69) is 14.8 Å². The van der Waals surface area contributed by atoms with Gasteiger partial charge in [0.2, 0.25) is 0 Å². The highest BCUT2D eigenvalue weighted by Crippen LogP contribution is 2.26. The van der Waals surface area contributed by atoms with Gasteiger partial charge in [-0.05, 0) is 18.9 Å². The SMILES string of the molecule is COC(=O)C1=CNC=C(C)C1CCOC=O. The second-order valence-corrected chi connectivity index (χ2v) is 3.45. The highest BCUT2D eigenvalue weighted by Gasteiger charge is 2.25. The van der Waals surface area contributed by atoms with Crippen LogP contribution in [0.1, 0.15) is 13.3 Å². The summed E-state index contributed by atoms with van der Waals surface area (Å²) in [5.74, 6) is -0.426. The van der Waals surface area contributed by atoms with E-state index in [9.17, 15) is 9.59 Å². The largest absolute Gasteiger partial charge is 0.468 e. The Morgan fingerprint density at radius 3 is 2.94 bits per heavy atom. The van der Waals surface area contributed by atoms with Gasteiger partial charge < -0.3 is 14.8 Å². The molecule has 5 nitrogen and oxygen atoms in total. The van der Waals surface area contributed by atoms with Crippen molar-refractivity contribution in [2.45, 2.75) is 13.3 Å². The van der Waals surface area contributed by atoms with Crippen LogP contribution in [0.25, 0.3) is 0 Å². The second-order valence-electron chi connectivity index (χ2n) is 3.45. The van der Waals surface area contributed by atoms with E-state index in [1.807, 2.05) is 13.1 Å². The lowest BCUT2D eigenvalue weighted by Gasteiger charge is -2.22. The fraction of sp³-hybridized carbons (Fsp3) is 0.455. The van der Waals surface area contributed by atoms with E-state index in [1.54, 1.807) is 6.20 Å². The first-order chi connectivity index (χ1) is 7.70. The van der Waals surface area contributed by atoms with Crippen LogP contribution in [-0.4, -0.2) is 26.2 Å². The first-order valence-corrected chi connectivity index (χ1v) is 4.97. The summed E-state index contributed by atoms with van der Waals surface area (Å²) < 4.78 is 9.33. The molecule has 1 aliphatic rings. The Morgan fingerprint density at radius 2 is 2.31 bits per heavy atom. The summed E-state index contributed by atoms with van der Waals surface area (Å²) in [6, 6.07) is 0. The standard InChI is InChI=1S/C11H15NO4/c1-8-5-12-6-10(11(14)15-2)9(8)3-4-16-7-13/h5-7,9,12H,3-4H2,1-2H3. The molecule has 88 valence electrons. The van der Waals surface area contributed by atoms with Crippen LogP contribution in [0.15, 0.2) is 23.5 Å². The molecule has 0 bridgehead atoms. The fourth-order valence-corrected chi connectivity index (χ4v) is 1.65. The van der Waals surface area contributed by atoms with Gasteiger partial charge in [0.05, 0.1) is 19.3 Å². The molecule has 0 aromatic rings. The average molecular weight is 225 g/mol. The molecule has 1 atom stereocenters. The normalized spacial score (nSPS) is 19.0. The monoisotopic (exact) mass is 225 g/mol. The molecule has 1 unspecified atom stereocenters. The Balaban J connectivity index is 2.69. The molecule has 0 saturated heterocycles. The number of hydrogen-bond donors (Lipinski definition) is 1. The number of nitrogens with one attached hydrogen (secondary N) is 1. The van der Waals surface area contributed by atoms with Crippen molar-refractivity contribution in [3.8, 4) is 0 Å². The molecule has 1 rings (SSSR count). The Bertz CT molecular complexity index is 333. The Kier molecular flexibility index (Phi) is 4.57. The van der Waals surface area contributed by atoms with E-state index in [4.69, 9.17) is 0 Å². The van der Waals surface area contributed by atoms with E-state index >= 15 is 0 Å². The predicted molar refractivity (Wildman–Crippen MR) is 57.1 cm³/mol. The topological polar surface area (TPSA) is 64.6 Å². The Morgan fingerprint density at radius 1 is 1.56 bits per heavy atom. The summed E-state index contributed by atoms with van der Waals surface area (Å²) >= 11 is 0. The summed E-state index contributed by atoms with van der Waals surface area (Å²) in [4.78, 5) is 21.5. The maximum atomic E-state index is 11.5. The number of ether oxygens (including phenoxy) is 2. The number of dihydropyridines is 1. The highest BCUT2D eigenvalue weighted by atomic mass is 16.5. The highest BCUT2D eigenvalue weighted by molar-refractivity contribution is 5.89. The van der Waals surface area contributed by atoms with Crippen molar-refractivity contribution in [2.75, 3.05) is 13.7 Å². The molecule has 0 amide bonds. The van der Waals surface area contributed by atoms with Crippen molar-refractivity contribution in [2.24, 2.45) is 5.92 Å². The quantitative estimate of drug-likeness (QED) is 0.424. The molecular formula is C11H15NO4. The summed E-state index contributed by atoms with van der Waals surface area (Å²) in [7, 11) is 1.34. The molecular weight excluding hydrogens is 210 g/mol. The molecule has 16 heavy (non-hydrogen) atoms. The minimum atomic E-state index is -0.365. The van der Waals surface area contributed by atoms with Crippen molar-refractivity contribution in [1.29, 1.82) is 0 Å². The molecule has 0 fully saturated rings.